The van der Waals surface area contributed by atoms with Gasteiger partial charge in [0.25, 0.3) is 0 Å². The zero-order valence-corrected chi connectivity index (χ0v) is 9.84. The molecule has 4 atom stereocenters. The van der Waals surface area contributed by atoms with Gasteiger partial charge in [-0.25, -0.2) is 0 Å². The maximum atomic E-state index is 5.61. The van der Waals surface area contributed by atoms with E-state index in [1.807, 2.05) is 7.11 Å². The second-order valence-electron chi connectivity index (χ2n) is 5.96. The van der Waals surface area contributed by atoms with E-state index >= 15 is 0 Å². The van der Waals surface area contributed by atoms with Gasteiger partial charge in [-0.3, -0.25) is 0 Å². The highest BCUT2D eigenvalue weighted by molar-refractivity contribution is 5.02. The molecule has 3 fully saturated rings. The second kappa shape index (κ2) is 3.49. The molecule has 0 aromatic rings. The van der Waals surface area contributed by atoms with E-state index in [0.29, 0.717) is 23.6 Å². The third kappa shape index (κ3) is 1.70. The van der Waals surface area contributed by atoms with Crippen LogP contribution >= 0.6 is 0 Å². The molecule has 1 saturated carbocycles. The van der Waals surface area contributed by atoms with Gasteiger partial charge in [-0.15, -0.1) is 0 Å². The first kappa shape index (κ1) is 10.4. The summed E-state index contributed by atoms with van der Waals surface area (Å²) in [5, 5.41) is 3.78. The van der Waals surface area contributed by atoms with Crippen molar-refractivity contribution >= 4 is 0 Å². The molecule has 2 heteroatoms. The SMILES string of the molecule is COC1CC2CCC1C(C(C)(C)C)N2. The molecule has 1 aliphatic carbocycles. The molecule has 0 aromatic heterocycles. The van der Waals surface area contributed by atoms with Gasteiger partial charge in [0.05, 0.1) is 6.10 Å². The van der Waals surface area contributed by atoms with Gasteiger partial charge in [0.15, 0.2) is 0 Å². The standard InChI is InChI=1S/C12H23NO/c1-12(2,3)11-9-6-5-8(13-11)7-10(9)14-4/h8-11,13H,5-7H2,1-4H3. The molecule has 0 radical (unpaired) electrons. The van der Waals surface area contributed by atoms with E-state index in [0.717, 1.165) is 5.92 Å². The second-order valence-corrected chi connectivity index (χ2v) is 5.96. The molecular formula is C12H23NO. The van der Waals surface area contributed by atoms with Crippen molar-refractivity contribution in [3.05, 3.63) is 0 Å². The first-order valence-corrected chi connectivity index (χ1v) is 5.81. The number of nitrogens with one attached hydrogen (secondary N) is 1. The number of hydrogen-bond donors (Lipinski definition) is 1. The number of ether oxygens (including phenoxy) is 1. The van der Waals surface area contributed by atoms with Gasteiger partial charge in [0.2, 0.25) is 0 Å². The maximum Gasteiger partial charge on any atom is 0.0629 e. The molecule has 0 spiro atoms. The van der Waals surface area contributed by atoms with Crippen LogP contribution in [-0.4, -0.2) is 25.3 Å². The average molecular weight is 197 g/mol. The number of fused-ring (bicyclic) bond motifs is 3. The van der Waals surface area contributed by atoms with Crippen LogP contribution in [0.15, 0.2) is 0 Å². The fourth-order valence-corrected chi connectivity index (χ4v) is 3.23. The molecule has 0 aromatic carbocycles. The van der Waals surface area contributed by atoms with Gasteiger partial charge in [-0.2, -0.15) is 0 Å². The van der Waals surface area contributed by atoms with Crippen molar-refractivity contribution in [3.63, 3.8) is 0 Å². The van der Waals surface area contributed by atoms with Crippen molar-refractivity contribution in [3.8, 4) is 0 Å². The van der Waals surface area contributed by atoms with Crippen molar-refractivity contribution < 1.29 is 4.74 Å². The molecule has 2 aliphatic heterocycles. The summed E-state index contributed by atoms with van der Waals surface area (Å²) < 4.78 is 5.61. The monoisotopic (exact) mass is 197 g/mol. The van der Waals surface area contributed by atoms with Crippen molar-refractivity contribution in [1.29, 1.82) is 0 Å². The number of rotatable bonds is 1. The predicted molar refractivity (Wildman–Crippen MR) is 58.3 cm³/mol. The van der Waals surface area contributed by atoms with Gasteiger partial charge < -0.3 is 10.1 Å². The van der Waals surface area contributed by atoms with Crippen LogP contribution in [0.2, 0.25) is 0 Å². The van der Waals surface area contributed by atoms with Crippen LogP contribution in [0.1, 0.15) is 40.0 Å². The van der Waals surface area contributed by atoms with Crippen molar-refractivity contribution in [2.24, 2.45) is 11.3 Å². The Morgan fingerprint density at radius 3 is 2.43 bits per heavy atom. The molecule has 1 N–H and O–H groups in total. The third-order valence-electron chi connectivity index (χ3n) is 3.92. The summed E-state index contributed by atoms with van der Waals surface area (Å²) in [6.45, 7) is 6.99. The van der Waals surface area contributed by atoms with Crippen LogP contribution in [0.25, 0.3) is 0 Å². The lowest BCUT2D eigenvalue weighted by atomic mass is 9.66. The van der Waals surface area contributed by atoms with Crippen LogP contribution < -0.4 is 5.32 Å². The van der Waals surface area contributed by atoms with Gasteiger partial charge in [-0.05, 0) is 24.7 Å². The van der Waals surface area contributed by atoms with E-state index in [4.69, 9.17) is 4.74 Å². The molecule has 14 heavy (non-hydrogen) atoms. The van der Waals surface area contributed by atoms with E-state index < -0.39 is 0 Å². The Bertz CT molecular complexity index is 209. The van der Waals surface area contributed by atoms with Crippen LogP contribution in [0, 0.1) is 11.3 Å². The largest absolute Gasteiger partial charge is 0.381 e. The minimum Gasteiger partial charge on any atom is -0.381 e. The lowest BCUT2D eigenvalue weighted by molar-refractivity contribution is -0.0595. The van der Waals surface area contributed by atoms with Crippen LogP contribution in [0.3, 0.4) is 0 Å². The number of piperidine rings is 2. The minimum absolute atomic E-state index is 0.362. The van der Waals surface area contributed by atoms with Crippen molar-refractivity contribution in [2.75, 3.05) is 7.11 Å². The molecular weight excluding hydrogens is 174 g/mol. The Labute approximate surface area is 87.4 Å². The smallest absolute Gasteiger partial charge is 0.0629 e. The highest BCUT2D eigenvalue weighted by Gasteiger charge is 2.46. The summed E-state index contributed by atoms with van der Waals surface area (Å²) in [6.07, 6.45) is 4.40. The summed E-state index contributed by atoms with van der Waals surface area (Å²) in [6, 6.07) is 1.34. The molecule has 82 valence electrons. The van der Waals surface area contributed by atoms with Gasteiger partial charge >= 0.3 is 0 Å². The first-order chi connectivity index (χ1) is 6.52. The molecule has 3 rings (SSSR count). The van der Waals surface area contributed by atoms with E-state index in [2.05, 4.69) is 26.1 Å². The number of hydrogen-bond acceptors (Lipinski definition) is 2. The Morgan fingerprint density at radius 2 is 1.93 bits per heavy atom. The summed E-state index contributed by atoms with van der Waals surface area (Å²) in [7, 11) is 1.87. The molecule has 2 bridgehead atoms. The quantitative estimate of drug-likeness (QED) is 0.695. The Balaban J connectivity index is 2.14. The summed E-state index contributed by atoms with van der Waals surface area (Å²) >= 11 is 0. The van der Waals surface area contributed by atoms with Crippen LogP contribution in [0.5, 0.6) is 0 Å². The zero-order valence-electron chi connectivity index (χ0n) is 9.84. The Hall–Kier alpha value is -0.0800. The fourth-order valence-electron chi connectivity index (χ4n) is 3.23. The van der Waals surface area contributed by atoms with Crippen LogP contribution in [0.4, 0.5) is 0 Å². The van der Waals surface area contributed by atoms with E-state index in [1.54, 1.807) is 0 Å². The Morgan fingerprint density at radius 1 is 1.21 bits per heavy atom. The molecule has 2 nitrogen and oxygen atoms in total. The van der Waals surface area contributed by atoms with Crippen molar-refractivity contribution in [2.45, 2.75) is 58.2 Å². The summed E-state index contributed by atoms with van der Waals surface area (Å²) in [4.78, 5) is 0. The van der Waals surface area contributed by atoms with Crippen LogP contribution in [-0.2, 0) is 4.74 Å². The van der Waals surface area contributed by atoms with Crippen molar-refractivity contribution in [1.82, 2.24) is 5.32 Å². The summed E-state index contributed by atoms with van der Waals surface area (Å²) in [5.74, 6) is 0.727. The molecule has 2 saturated heterocycles. The predicted octanol–water partition coefficient (Wildman–Crippen LogP) is 2.19. The molecule has 2 heterocycles. The van der Waals surface area contributed by atoms with Gasteiger partial charge in [0, 0.05) is 25.1 Å². The highest BCUT2D eigenvalue weighted by atomic mass is 16.5. The number of methoxy groups -OCH3 is 1. The van der Waals surface area contributed by atoms with E-state index in [-0.39, 0.29) is 0 Å². The van der Waals surface area contributed by atoms with E-state index in [1.165, 1.54) is 19.3 Å². The molecule has 0 amide bonds. The normalized spacial score (nSPS) is 42.9. The molecule has 4 unspecified atom stereocenters. The molecule has 3 aliphatic rings. The van der Waals surface area contributed by atoms with Gasteiger partial charge in [0.1, 0.15) is 0 Å². The Kier molecular flexibility index (Phi) is 2.61. The third-order valence-corrected chi connectivity index (χ3v) is 3.92. The first-order valence-electron chi connectivity index (χ1n) is 5.81. The highest BCUT2D eigenvalue weighted by Crippen LogP contribution is 2.41. The topological polar surface area (TPSA) is 21.3 Å². The fraction of sp³-hybridized carbons (Fsp3) is 1.00. The lowest BCUT2D eigenvalue weighted by Crippen LogP contribution is -2.62. The maximum absolute atomic E-state index is 5.61. The lowest BCUT2D eigenvalue weighted by Gasteiger charge is -2.52. The summed E-state index contributed by atoms with van der Waals surface area (Å²) in [5.41, 5.74) is 0.362. The average Bonchev–Trinajstić information content (AvgIpc) is 2.17. The van der Waals surface area contributed by atoms with Gasteiger partial charge in [-0.1, -0.05) is 20.8 Å². The zero-order chi connectivity index (χ0) is 10.3. The minimum atomic E-state index is 0.362. The van der Waals surface area contributed by atoms with E-state index in [9.17, 15) is 0 Å².